The highest BCUT2D eigenvalue weighted by atomic mass is 16.3. The Morgan fingerprint density at radius 2 is 1.95 bits per heavy atom. The average Bonchev–Trinajstić information content (AvgIpc) is 2.38. The Labute approximate surface area is 110 Å². The van der Waals surface area contributed by atoms with Gasteiger partial charge in [-0.2, -0.15) is 0 Å². The number of carbonyl (C=O) groups is 1. The van der Waals surface area contributed by atoms with E-state index in [-0.39, 0.29) is 11.5 Å². The minimum absolute atomic E-state index is 0.0111. The molecule has 0 atom stereocenters. The number of hydrogen-bond acceptors (Lipinski definition) is 4. The van der Waals surface area contributed by atoms with Crippen LogP contribution in [0.25, 0.3) is 0 Å². The number of phenolic OH excluding ortho intramolecular Hbond substituents is 2. The van der Waals surface area contributed by atoms with Crippen LogP contribution >= 0.6 is 0 Å². The first kappa shape index (κ1) is 12.8. The molecule has 0 radical (unpaired) electrons. The SMILES string of the molecule is NC(=O)c1cccc(NCc2ccc(O)cc2O)c1. The summed E-state index contributed by atoms with van der Waals surface area (Å²) in [7, 11) is 0. The highest BCUT2D eigenvalue weighted by Crippen LogP contribution is 2.23. The van der Waals surface area contributed by atoms with Crippen molar-refractivity contribution in [3.8, 4) is 11.5 Å². The third-order valence-electron chi connectivity index (χ3n) is 2.70. The number of nitrogens with two attached hydrogens (primary N) is 1. The van der Waals surface area contributed by atoms with E-state index in [0.717, 1.165) is 5.69 Å². The molecule has 0 aromatic heterocycles. The number of aromatic hydroxyl groups is 2. The van der Waals surface area contributed by atoms with Crippen molar-refractivity contribution in [1.29, 1.82) is 0 Å². The quantitative estimate of drug-likeness (QED) is 0.672. The third kappa shape index (κ3) is 3.16. The lowest BCUT2D eigenvalue weighted by atomic mass is 10.1. The van der Waals surface area contributed by atoms with Gasteiger partial charge in [-0.15, -0.1) is 0 Å². The van der Waals surface area contributed by atoms with Gasteiger partial charge in [0, 0.05) is 29.4 Å². The van der Waals surface area contributed by atoms with Crippen LogP contribution in [0.2, 0.25) is 0 Å². The van der Waals surface area contributed by atoms with E-state index in [9.17, 15) is 15.0 Å². The van der Waals surface area contributed by atoms with E-state index in [1.807, 2.05) is 0 Å². The van der Waals surface area contributed by atoms with E-state index in [0.29, 0.717) is 17.7 Å². The van der Waals surface area contributed by atoms with Crippen LogP contribution in [0, 0.1) is 0 Å². The topological polar surface area (TPSA) is 95.6 Å². The fraction of sp³-hybridized carbons (Fsp3) is 0.0714. The Hall–Kier alpha value is -2.69. The van der Waals surface area contributed by atoms with Crippen molar-refractivity contribution in [1.82, 2.24) is 0 Å². The highest BCUT2D eigenvalue weighted by Gasteiger charge is 2.04. The van der Waals surface area contributed by atoms with Crippen LogP contribution in [0.4, 0.5) is 5.69 Å². The average molecular weight is 258 g/mol. The maximum Gasteiger partial charge on any atom is 0.248 e. The van der Waals surface area contributed by atoms with Crippen LogP contribution in [-0.2, 0) is 6.54 Å². The second-order valence-corrected chi connectivity index (χ2v) is 4.11. The Kier molecular flexibility index (Phi) is 3.56. The number of phenols is 2. The van der Waals surface area contributed by atoms with Gasteiger partial charge in [-0.1, -0.05) is 6.07 Å². The summed E-state index contributed by atoms with van der Waals surface area (Å²) in [5.74, 6) is -0.466. The van der Waals surface area contributed by atoms with E-state index >= 15 is 0 Å². The van der Waals surface area contributed by atoms with Gasteiger partial charge in [-0.05, 0) is 30.3 Å². The maximum atomic E-state index is 11.0. The molecule has 5 N–H and O–H groups in total. The Morgan fingerprint density at radius 3 is 2.63 bits per heavy atom. The number of rotatable bonds is 4. The predicted molar refractivity (Wildman–Crippen MR) is 72.1 cm³/mol. The van der Waals surface area contributed by atoms with Crippen molar-refractivity contribution >= 4 is 11.6 Å². The maximum absolute atomic E-state index is 11.0. The van der Waals surface area contributed by atoms with Crippen LogP contribution in [0.1, 0.15) is 15.9 Å². The lowest BCUT2D eigenvalue weighted by Gasteiger charge is -2.09. The van der Waals surface area contributed by atoms with Crippen molar-refractivity contribution in [2.45, 2.75) is 6.54 Å². The molecule has 0 heterocycles. The van der Waals surface area contributed by atoms with Gasteiger partial charge >= 0.3 is 0 Å². The zero-order valence-corrected chi connectivity index (χ0v) is 10.1. The molecule has 2 aromatic rings. The summed E-state index contributed by atoms with van der Waals surface area (Å²) in [5, 5.41) is 21.9. The molecule has 0 saturated carbocycles. The van der Waals surface area contributed by atoms with Crippen molar-refractivity contribution in [3.63, 3.8) is 0 Å². The van der Waals surface area contributed by atoms with Crippen LogP contribution in [0.3, 0.4) is 0 Å². The molecule has 98 valence electrons. The molecule has 0 spiro atoms. The standard InChI is InChI=1S/C14H14N2O3/c15-14(19)9-2-1-3-11(6-9)16-8-10-4-5-12(17)7-13(10)18/h1-7,16-18H,8H2,(H2,15,19). The predicted octanol–water partition coefficient (Wildman–Crippen LogP) is 1.81. The molecule has 1 amide bonds. The van der Waals surface area contributed by atoms with Gasteiger partial charge in [-0.3, -0.25) is 4.79 Å². The summed E-state index contributed by atoms with van der Waals surface area (Å²) in [6, 6.07) is 11.2. The second-order valence-electron chi connectivity index (χ2n) is 4.11. The van der Waals surface area contributed by atoms with Crippen LogP contribution in [-0.4, -0.2) is 16.1 Å². The van der Waals surface area contributed by atoms with E-state index < -0.39 is 5.91 Å². The molecular formula is C14H14N2O3. The van der Waals surface area contributed by atoms with Gasteiger partial charge in [-0.25, -0.2) is 0 Å². The lowest BCUT2D eigenvalue weighted by molar-refractivity contribution is 0.100. The Balaban J connectivity index is 2.10. The molecule has 5 heteroatoms. The van der Waals surface area contributed by atoms with E-state index in [2.05, 4.69) is 5.32 Å². The summed E-state index contributed by atoms with van der Waals surface area (Å²) < 4.78 is 0. The van der Waals surface area contributed by atoms with Gasteiger partial charge in [0.25, 0.3) is 0 Å². The lowest BCUT2D eigenvalue weighted by Crippen LogP contribution is -2.11. The summed E-state index contributed by atoms with van der Waals surface area (Å²) in [4.78, 5) is 11.0. The number of anilines is 1. The molecule has 0 bridgehead atoms. The van der Waals surface area contributed by atoms with E-state index in [1.54, 1.807) is 30.3 Å². The van der Waals surface area contributed by atoms with Gasteiger partial charge in [0.1, 0.15) is 11.5 Å². The summed E-state index contributed by atoms with van der Waals surface area (Å²) in [6.07, 6.45) is 0. The Bertz CT molecular complexity index is 611. The van der Waals surface area contributed by atoms with Gasteiger partial charge in [0.2, 0.25) is 5.91 Å². The first-order chi connectivity index (χ1) is 9.06. The second kappa shape index (κ2) is 5.30. The van der Waals surface area contributed by atoms with Crippen molar-refractivity contribution in [3.05, 3.63) is 53.6 Å². The highest BCUT2D eigenvalue weighted by molar-refractivity contribution is 5.93. The molecule has 5 nitrogen and oxygen atoms in total. The smallest absolute Gasteiger partial charge is 0.248 e. The normalized spacial score (nSPS) is 10.1. The van der Waals surface area contributed by atoms with E-state index in [4.69, 9.17) is 5.73 Å². The number of nitrogens with one attached hydrogen (secondary N) is 1. The van der Waals surface area contributed by atoms with Crippen molar-refractivity contribution < 1.29 is 15.0 Å². The molecule has 19 heavy (non-hydrogen) atoms. The number of benzene rings is 2. The van der Waals surface area contributed by atoms with Gasteiger partial charge in [0.15, 0.2) is 0 Å². The molecule has 2 rings (SSSR count). The Morgan fingerprint density at radius 1 is 1.16 bits per heavy atom. The van der Waals surface area contributed by atoms with Crippen molar-refractivity contribution in [2.24, 2.45) is 5.73 Å². The zero-order chi connectivity index (χ0) is 13.8. The molecular weight excluding hydrogens is 244 g/mol. The molecule has 0 aliphatic carbocycles. The number of amides is 1. The third-order valence-corrected chi connectivity index (χ3v) is 2.70. The zero-order valence-electron chi connectivity index (χ0n) is 10.1. The molecule has 0 unspecified atom stereocenters. The summed E-state index contributed by atoms with van der Waals surface area (Å²) in [5.41, 5.74) is 6.98. The van der Waals surface area contributed by atoms with Crippen LogP contribution in [0.15, 0.2) is 42.5 Å². The van der Waals surface area contributed by atoms with E-state index in [1.165, 1.54) is 12.1 Å². The molecule has 0 aliphatic heterocycles. The molecule has 2 aromatic carbocycles. The summed E-state index contributed by atoms with van der Waals surface area (Å²) >= 11 is 0. The first-order valence-corrected chi connectivity index (χ1v) is 5.71. The van der Waals surface area contributed by atoms with Gasteiger partial charge in [0.05, 0.1) is 0 Å². The van der Waals surface area contributed by atoms with Crippen molar-refractivity contribution in [2.75, 3.05) is 5.32 Å². The molecule has 0 saturated heterocycles. The van der Waals surface area contributed by atoms with Crippen LogP contribution in [0.5, 0.6) is 11.5 Å². The fourth-order valence-electron chi connectivity index (χ4n) is 1.68. The number of hydrogen-bond donors (Lipinski definition) is 4. The minimum atomic E-state index is -0.490. The van der Waals surface area contributed by atoms with Crippen LogP contribution < -0.4 is 11.1 Å². The number of primary amides is 1. The number of carbonyl (C=O) groups excluding carboxylic acids is 1. The molecule has 0 fully saturated rings. The molecule has 0 aliphatic rings. The summed E-state index contributed by atoms with van der Waals surface area (Å²) in [6.45, 7) is 0.369. The fourth-order valence-corrected chi connectivity index (χ4v) is 1.68. The largest absolute Gasteiger partial charge is 0.508 e. The van der Waals surface area contributed by atoms with Gasteiger partial charge < -0.3 is 21.3 Å². The first-order valence-electron chi connectivity index (χ1n) is 5.71. The monoisotopic (exact) mass is 258 g/mol. The minimum Gasteiger partial charge on any atom is -0.508 e.